The van der Waals surface area contributed by atoms with Crippen LogP contribution in [-0.4, -0.2) is 36.7 Å². The van der Waals surface area contributed by atoms with Crippen LogP contribution in [0.25, 0.3) is 0 Å². The van der Waals surface area contributed by atoms with Crippen molar-refractivity contribution in [2.75, 3.05) is 19.5 Å². The topological polar surface area (TPSA) is 73.0 Å². The molecule has 0 amide bonds. The molecule has 0 unspecified atom stereocenters. The maximum atomic E-state index is 5.29. The summed E-state index contributed by atoms with van der Waals surface area (Å²) < 4.78 is 12.6. The number of ether oxygens (including phenoxy) is 2. The number of methoxy groups -OCH3 is 2. The number of nitrogens with one attached hydrogen (secondary N) is 1. The summed E-state index contributed by atoms with van der Waals surface area (Å²) in [4.78, 5) is 13.0. The molecule has 7 heteroatoms. The Kier molecular flexibility index (Phi) is 6.06. The van der Waals surface area contributed by atoms with E-state index in [0.717, 1.165) is 12.1 Å². The van der Waals surface area contributed by atoms with Crippen molar-refractivity contribution >= 4 is 35.9 Å². The largest absolute Gasteiger partial charge is 0.497 e. The lowest BCUT2D eigenvalue weighted by atomic mass is 10.2. The molecule has 0 aliphatic rings. The molecular formula is C21H23N5O2. The zero-order valence-corrected chi connectivity index (χ0v) is 16.2. The summed E-state index contributed by atoms with van der Waals surface area (Å²) in [6.07, 6.45) is 6.66. The summed E-state index contributed by atoms with van der Waals surface area (Å²) >= 11 is 0. The SMILES string of the molecule is C=Nc1nc(Nc2cc(OC)cc(OC)c2)ccc1/N=C\Cc1ccn(C)c1. The molecule has 0 spiro atoms. The number of pyridine rings is 1. The van der Waals surface area contributed by atoms with Crippen LogP contribution >= 0.6 is 0 Å². The molecule has 1 aromatic carbocycles. The Hall–Kier alpha value is -3.61. The zero-order valence-electron chi connectivity index (χ0n) is 16.2. The predicted octanol–water partition coefficient (Wildman–Crippen LogP) is 4.46. The molecule has 2 heterocycles. The van der Waals surface area contributed by atoms with Crippen molar-refractivity contribution < 1.29 is 9.47 Å². The minimum atomic E-state index is 0.462. The molecule has 3 aromatic rings. The third-order valence-electron chi connectivity index (χ3n) is 4.08. The van der Waals surface area contributed by atoms with Gasteiger partial charge in [-0.25, -0.2) is 9.98 Å². The fourth-order valence-electron chi connectivity index (χ4n) is 2.69. The van der Waals surface area contributed by atoms with Crippen LogP contribution in [0, 0.1) is 0 Å². The van der Waals surface area contributed by atoms with Crippen molar-refractivity contribution in [3.8, 4) is 11.5 Å². The molecule has 1 N–H and O–H groups in total. The van der Waals surface area contributed by atoms with Crippen LogP contribution in [-0.2, 0) is 13.5 Å². The highest BCUT2D eigenvalue weighted by Gasteiger charge is 2.06. The summed E-state index contributed by atoms with van der Waals surface area (Å²) in [5, 5.41) is 3.23. The number of rotatable bonds is 8. The Morgan fingerprint density at radius 3 is 2.50 bits per heavy atom. The standard InChI is InChI=1S/C21H23N5O2/c1-22-21-19(23-9-7-15-8-10-26(2)14-15)5-6-20(25-21)24-16-11-17(27-3)13-18(12-16)28-4/h5-6,8-14H,1,7H2,2-4H3,(H,24,25)/b23-9-. The Morgan fingerprint density at radius 1 is 1.14 bits per heavy atom. The van der Waals surface area contributed by atoms with Gasteiger partial charge in [-0.3, -0.25) is 4.99 Å². The minimum absolute atomic E-state index is 0.462. The van der Waals surface area contributed by atoms with Crippen molar-refractivity contribution in [3.63, 3.8) is 0 Å². The van der Waals surface area contributed by atoms with Crippen LogP contribution in [0.3, 0.4) is 0 Å². The highest BCUT2D eigenvalue weighted by atomic mass is 16.5. The van der Waals surface area contributed by atoms with Crippen LogP contribution < -0.4 is 14.8 Å². The second-order valence-corrected chi connectivity index (χ2v) is 6.12. The third-order valence-corrected chi connectivity index (χ3v) is 4.08. The smallest absolute Gasteiger partial charge is 0.179 e. The van der Waals surface area contributed by atoms with Crippen LogP contribution in [0.1, 0.15) is 5.56 Å². The summed E-state index contributed by atoms with van der Waals surface area (Å²) in [5.74, 6) is 2.46. The first-order chi connectivity index (χ1) is 13.6. The van der Waals surface area contributed by atoms with E-state index in [1.807, 2.05) is 48.3 Å². The molecule has 28 heavy (non-hydrogen) atoms. The van der Waals surface area contributed by atoms with E-state index in [1.54, 1.807) is 20.3 Å². The lowest BCUT2D eigenvalue weighted by Gasteiger charge is -2.11. The Labute approximate surface area is 164 Å². The second-order valence-electron chi connectivity index (χ2n) is 6.12. The second kappa shape index (κ2) is 8.85. The molecule has 2 aromatic heterocycles. The molecule has 0 fully saturated rings. The summed E-state index contributed by atoms with van der Waals surface area (Å²) in [6.45, 7) is 3.61. The molecule has 0 radical (unpaired) electrons. The molecule has 0 bridgehead atoms. The zero-order chi connectivity index (χ0) is 19.9. The van der Waals surface area contributed by atoms with Crippen molar-refractivity contribution in [2.45, 2.75) is 6.42 Å². The van der Waals surface area contributed by atoms with Gasteiger partial charge >= 0.3 is 0 Å². The molecule has 144 valence electrons. The van der Waals surface area contributed by atoms with Gasteiger partial charge in [-0.2, -0.15) is 0 Å². The van der Waals surface area contributed by atoms with Crippen LogP contribution in [0.15, 0.2) is 58.8 Å². The Balaban J connectivity index is 1.76. The molecule has 0 aliphatic carbocycles. The predicted molar refractivity (Wildman–Crippen MR) is 114 cm³/mol. The van der Waals surface area contributed by atoms with Crippen molar-refractivity contribution in [1.82, 2.24) is 9.55 Å². The Bertz CT molecular complexity index is 972. The highest BCUT2D eigenvalue weighted by Crippen LogP contribution is 2.31. The molecule has 7 nitrogen and oxygen atoms in total. The van der Waals surface area contributed by atoms with Crippen LogP contribution in [0.2, 0.25) is 0 Å². The molecule has 0 aliphatic heterocycles. The fourth-order valence-corrected chi connectivity index (χ4v) is 2.69. The number of aliphatic imine (C=N–C) groups is 2. The van der Waals surface area contributed by atoms with E-state index in [0.29, 0.717) is 28.8 Å². The quantitative estimate of drug-likeness (QED) is 0.588. The van der Waals surface area contributed by atoms with E-state index in [1.165, 1.54) is 5.56 Å². The van der Waals surface area contributed by atoms with Gasteiger partial charge in [0.2, 0.25) is 0 Å². The van der Waals surface area contributed by atoms with Gasteiger partial charge in [-0.05, 0) is 30.5 Å². The van der Waals surface area contributed by atoms with Gasteiger partial charge in [0, 0.05) is 56.0 Å². The van der Waals surface area contributed by atoms with Gasteiger partial charge in [0.1, 0.15) is 23.0 Å². The third kappa shape index (κ3) is 4.76. The van der Waals surface area contributed by atoms with Gasteiger partial charge in [0.25, 0.3) is 0 Å². The number of hydrogen-bond donors (Lipinski definition) is 1. The minimum Gasteiger partial charge on any atom is -0.497 e. The molecule has 0 saturated heterocycles. The Morgan fingerprint density at radius 2 is 1.89 bits per heavy atom. The first-order valence-corrected chi connectivity index (χ1v) is 8.72. The number of aromatic nitrogens is 2. The van der Waals surface area contributed by atoms with E-state index >= 15 is 0 Å². The molecule has 0 atom stereocenters. The van der Waals surface area contributed by atoms with Gasteiger partial charge in [0.15, 0.2) is 5.82 Å². The summed E-state index contributed by atoms with van der Waals surface area (Å²) in [6, 6.07) is 11.3. The molecule has 0 saturated carbocycles. The number of anilines is 2. The molecule has 3 rings (SSSR count). The first-order valence-electron chi connectivity index (χ1n) is 8.72. The number of aryl methyl sites for hydroxylation is 1. The maximum Gasteiger partial charge on any atom is 0.179 e. The molecular weight excluding hydrogens is 354 g/mol. The summed E-state index contributed by atoms with van der Waals surface area (Å²) in [7, 11) is 5.21. The average Bonchev–Trinajstić information content (AvgIpc) is 3.13. The first kappa shape index (κ1) is 19.2. The summed E-state index contributed by atoms with van der Waals surface area (Å²) in [5.41, 5.74) is 2.65. The maximum absolute atomic E-state index is 5.29. The van der Waals surface area contributed by atoms with Gasteiger partial charge < -0.3 is 19.4 Å². The van der Waals surface area contributed by atoms with E-state index in [2.05, 4.69) is 39.3 Å². The highest BCUT2D eigenvalue weighted by molar-refractivity contribution is 5.73. The van der Waals surface area contributed by atoms with E-state index in [-0.39, 0.29) is 0 Å². The van der Waals surface area contributed by atoms with Crippen LogP contribution in [0.4, 0.5) is 23.0 Å². The average molecular weight is 377 g/mol. The van der Waals surface area contributed by atoms with Crippen molar-refractivity contribution in [1.29, 1.82) is 0 Å². The lowest BCUT2D eigenvalue weighted by Crippen LogP contribution is -1.95. The van der Waals surface area contributed by atoms with Gasteiger partial charge in [0.05, 0.1) is 14.2 Å². The number of nitrogens with zero attached hydrogens (tertiary/aromatic N) is 4. The number of benzene rings is 1. The van der Waals surface area contributed by atoms with E-state index in [9.17, 15) is 0 Å². The van der Waals surface area contributed by atoms with Crippen LogP contribution in [0.5, 0.6) is 11.5 Å². The van der Waals surface area contributed by atoms with E-state index in [4.69, 9.17) is 9.47 Å². The fraction of sp³-hybridized carbons (Fsp3) is 0.190. The van der Waals surface area contributed by atoms with E-state index < -0.39 is 0 Å². The monoisotopic (exact) mass is 377 g/mol. The normalized spacial score (nSPS) is 10.8. The number of hydrogen-bond acceptors (Lipinski definition) is 6. The van der Waals surface area contributed by atoms with Crippen molar-refractivity contribution in [2.24, 2.45) is 17.0 Å². The van der Waals surface area contributed by atoms with Gasteiger partial charge in [-0.15, -0.1) is 0 Å². The van der Waals surface area contributed by atoms with Gasteiger partial charge in [-0.1, -0.05) is 0 Å². The van der Waals surface area contributed by atoms with Crippen molar-refractivity contribution in [3.05, 3.63) is 54.4 Å². The lowest BCUT2D eigenvalue weighted by molar-refractivity contribution is 0.395.